The highest BCUT2D eigenvalue weighted by atomic mass is 19.1. The molecule has 0 spiro atoms. The van der Waals surface area contributed by atoms with Gasteiger partial charge in [0.05, 0.1) is 48.4 Å². The van der Waals surface area contributed by atoms with Gasteiger partial charge in [-0.05, 0) is 30.3 Å². The smallest absolute Gasteiger partial charge is 0.336 e. The second-order valence-corrected chi connectivity index (χ2v) is 8.60. The molecule has 1 fully saturated rings. The first-order valence-electron chi connectivity index (χ1n) is 11.6. The third-order valence-corrected chi connectivity index (χ3v) is 6.27. The molecule has 3 aromatic heterocycles. The Morgan fingerprint density at radius 2 is 1.89 bits per heavy atom. The van der Waals surface area contributed by atoms with Crippen molar-refractivity contribution in [3.05, 3.63) is 66.2 Å². The molecule has 5 aromatic rings. The lowest BCUT2D eigenvalue weighted by Crippen LogP contribution is -2.38. The first-order chi connectivity index (χ1) is 17.5. The SMILES string of the molecule is O=C(O)c1cc(-c2cnn(CCN3CCOCC3)c2)nc2ccc3nn(-c4cccc(F)c4)nc3c12. The van der Waals surface area contributed by atoms with Gasteiger partial charge in [-0.15, -0.1) is 10.2 Å². The fraction of sp³-hybridized carbons (Fsp3) is 0.240. The minimum absolute atomic E-state index is 0.0629. The van der Waals surface area contributed by atoms with Gasteiger partial charge >= 0.3 is 5.97 Å². The fourth-order valence-corrected chi connectivity index (χ4v) is 4.42. The topological polar surface area (TPSA) is 111 Å². The third kappa shape index (κ3) is 4.18. The summed E-state index contributed by atoms with van der Waals surface area (Å²) in [6.45, 7) is 4.86. The minimum Gasteiger partial charge on any atom is -0.478 e. The number of fused-ring (bicyclic) bond motifs is 3. The highest BCUT2D eigenvalue weighted by Gasteiger charge is 2.19. The molecule has 0 unspecified atom stereocenters. The molecule has 1 N–H and O–H groups in total. The number of carboxylic acids is 1. The zero-order valence-electron chi connectivity index (χ0n) is 19.2. The third-order valence-electron chi connectivity index (χ3n) is 6.27. The zero-order chi connectivity index (χ0) is 24.6. The Morgan fingerprint density at radius 3 is 2.69 bits per heavy atom. The summed E-state index contributed by atoms with van der Waals surface area (Å²) in [4.78, 5) is 20.6. The van der Waals surface area contributed by atoms with Crippen molar-refractivity contribution in [3.63, 3.8) is 0 Å². The Bertz CT molecular complexity index is 1590. The van der Waals surface area contributed by atoms with Crippen molar-refractivity contribution in [1.82, 2.24) is 34.7 Å². The summed E-state index contributed by atoms with van der Waals surface area (Å²) in [6.07, 6.45) is 3.57. The van der Waals surface area contributed by atoms with E-state index in [1.807, 2.05) is 10.9 Å². The normalized spacial score (nSPS) is 14.6. The molecule has 0 atom stereocenters. The van der Waals surface area contributed by atoms with Gasteiger partial charge in [0.25, 0.3) is 0 Å². The van der Waals surface area contributed by atoms with Gasteiger partial charge in [-0.3, -0.25) is 9.58 Å². The number of morpholine rings is 1. The van der Waals surface area contributed by atoms with Gasteiger partial charge in [0.2, 0.25) is 0 Å². The number of pyridine rings is 1. The number of nitrogens with zero attached hydrogens (tertiary/aromatic N) is 7. The molecule has 1 aliphatic rings. The molecular weight excluding hydrogens is 465 g/mol. The summed E-state index contributed by atoms with van der Waals surface area (Å²) in [6, 6.07) is 10.9. The maximum atomic E-state index is 13.7. The van der Waals surface area contributed by atoms with Gasteiger partial charge in [-0.2, -0.15) is 9.90 Å². The molecule has 182 valence electrons. The van der Waals surface area contributed by atoms with Gasteiger partial charge in [0, 0.05) is 42.8 Å². The van der Waals surface area contributed by atoms with E-state index in [9.17, 15) is 14.3 Å². The first-order valence-corrected chi connectivity index (χ1v) is 11.6. The number of carboxylic acid groups (broad SMARTS) is 1. The molecule has 2 aromatic carbocycles. The highest BCUT2D eigenvalue weighted by Crippen LogP contribution is 2.30. The molecule has 36 heavy (non-hydrogen) atoms. The predicted molar refractivity (Wildman–Crippen MR) is 130 cm³/mol. The van der Waals surface area contributed by atoms with Crippen LogP contribution in [0.3, 0.4) is 0 Å². The van der Waals surface area contributed by atoms with Crippen molar-refractivity contribution in [3.8, 4) is 16.9 Å². The number of halogens is 1. The number of benzene rings is 2. The summed E-state index contributed by atoms with van der Waals surface area (Å²) >= 11 is 0. The second-order valence-electron chi connectivity index (χ2n) is 8.60. The molecule has 6 rings (SSSR count). The zero-order valence-corrected chi connectivity index (χ0v) is 19.2. The molecular formula is C25H22FN7O3. The van der Waals surface area contributed by atoms with Gasteiger partial charge in [0.15, 0.2) is 0 Å². The molecule has 0 saturated carbocycles. The predicted octanol–water partition coefficient (Wildman–Crippen LogP) is 3.00. The summed E-state index contributed by atoms with van der Waals surface area (Å²) < 4.78 is 20.9. The molecule has 4 heterocycles. The maximum Gasteiger partial charge on any atom is 0.336 e. The number of aromatic nitrogens is 6. The van der Waals surface area contributed by atoms with Gasteiger partial charge in [-0.25, -0.2) is 14.2 Å². The lowest BCUT2D eigenvalue weighted by Gasteiger charge is -2.26. The number of aromatic carboxylic acids is 1. The van der Waals surface area contributed by atoms with Gasteiger partial charge in [-0.1, -0.05) is 6.07 Å². The van der Waals surface area contributed by atoms with Crippen molar-refractivity contribution < 1.29 is 19.0 Å². The number of hydrogen-bond acceptors (Lipinski definition) is 7. The maximum absolute atomic E-state index is 13.7. The van der Waals surface area contributed by atoms with Crippen LogP contribution in [0, 0.1) is 5.82 Å². The Kier molecular flexibility index (Phi) is 5.62. The van der Waals surface area contributed by atoms with Crippen LogP contribution in [0.15, 0.2) is 54.9 Å². The number of hydrogen-bond donors (Lipinski definition) is 1. The van der Waals surface area contributed by atoms with Gasteiger partial charge in [0.1, 0.15) is 16.9 Å². The van der Waals surface area contributed by atoms with E-state index < -0.39 is 11.8 Å². The summed E-state index contributed by atoms with van der Waals surface area (Å²) in [5.74, 6) is -1.52. The Labute approximate surface area is 204 Å². The van der Waals surface area contributed by atoms with Crippen molar-refractivity contribution >= 4 is 27.9 Å². The lowest BCUT2D eigenvalue weighted by atomic mass is 10.0. The average Bonchev–Trinajstić information content (AvgIpc) is 3.55. The molecule has 1 aliphatic heterocycles. The van der Waals surface area contributed by atoms with E-state index in [0.717, 1.165) is 38.4 Å². The monoisotopic (exact) mass is 487 g/mol. The summed E-state index contributed by atoms with van der Waals surface area (Å²) in [7, 11) is 0. The van der Waals surface area contributed by atoms with Crippen molar-refractivity contribution in [2.75, 3.05) is 32.8 Å². The molecule has 0 aliphatic carbocycles. The van der Waals surface area contributed by atoms with Crippen LogP contribution < -0.4 is 0 Å². The van der Waals surface area contributed by atoms with E-state index in [2.05, 4.69) is 20.2 Å². The fourth-order valence-electron chi connectivity index (χ4n) is 4.42. The quantitative estimate of drug-likeness (QED) is 0.389. The molecule has 11 heteroatoms. The van der Waals surface area contributed by atoms with E-state index in [1.54, 1.807) is 30.5 Å². The van der Waals surface area contributed by atoms with Crippen molar-refractivity contribution in [2.24, 2.45) is 0 Å². The molecule has 0 amide bonds. The average molecular weight is 487 g/mol. The first kappa shape index (κ1) is 22.3. The molecule has 1 saturated heterocycles. The largest absolute Gasteiger partial charge is 0.478 e. The van der Waals surface area contributed by atoms with E-state index in [0.29, 0.717) is 39.9 Å². The van der Waals surface area contributed by atoms with Crippen LogP contribution in [-0.2, 0) is 11.3 Å². The Hall–Kier alpha value is -4.22. The van der Waals surface area contributed by atoms with E-state index in [1.165, 1.54) is 23.0 Å². The van der Waals surface area contributed by atoms with E-state index >= 15 is 0 Å². The minimum atomic E-state index is -1.10. The van der Waals surface area contributed by atoms with Crippen LogP contribution >= 0.6 is 0 Å². The summed E-state index contributed by atoms with van der Waals surface area (Å²) in [5.41, 5.74) is 3.08. The molecule has 0 radical (unpaired) electrons. The Balaban J connectivity index is 1.37. The lowest BCUT2D eigenvalue weighted by molar-refractivity contribution is 0.0360. The number of rotatable bonds is 6. The van der Waals surface area contributed by atoms with Crippen LogP contribution in [-0.4, -0.2) is 78.6 Å². The van der Waals surface area contributed by atoms with Crippen molar-refractivity contribution in [1.29, 1.82) is 0 Å². The van der Waals surface area contributed by atoms with E-state index in [-0.39, 0.29) is 5.56 Å². The van der Waals surface area contributed by atoms with Crippen LogP contribution in [0.25, 0.3) is 38.9 Å². The van der Waals surface area contributed by atoms with Crippen LogP contribution in [0.4, 0.5) is 4.39 Å². The number of carbonyl (C=O) groups is 1. The summed E-state index contributed by atoms with van der Waals surface area (Å²) in [5, 5.41) is 23.7. The second kappa shape index (κ2) is 9.10. The highest BCUT2D eigenvalue weighted by molar-refractivity contribution is 6.13. The van der Waals surface area contributed by atoms with Crippen LogP contribution in [0.5, 0.6) is 0 Å². The van der Waals surface area contributed by atoms with E-state index in [4.69, 9.17) is 9.72 Å². The van der Waals surface area contributed by atoms with Crippen LogP contribution in [0.2, 0.25) is 0 Å². The molecule has 10 nitrogen and oxygen atoms in total. The number of ether oxygens (including phenoxy) is 1. The molecule has 0 bridgehead atoms. The van der Waals surface area contributed by atoms with Gasteiger partial charge < -0.3 is 9.84 Å². The standard InChI is InChI=1S/C25H22FN7O3/c26-17-2-1-3-18(12-17)33-29-21-5-4-20-23(24(21)30-33)19(25(34)35)13-22(28-20)16-14-27-32(15-16)7-6-31-8-10-36-11-9-31/h1-5,12-15H,6-11H2,(H,34,35). The Morgan fingerprint density at radius 1 is 1.06 bits per heavy atom. The van der Waals surface area contributed by atoms with Crippen molar-refractivity contribution in [2.45, 2.75) is 6.54 Å². The van der Waals surface area contributed by atoms with Crippen LogP contribution in [0.1, 0.15) is 10.4 Å².